The van der Waals surface area contributed by atoms with E-state index >= 15 is 0 Å². The topological polar surface area (TPSA) is 134 Å². The van der Waals surface area contributed by atoms with E-state index in [1.54, 1.807) is 36.7 Å². The van der Waals surface area contributed by atoms with E-state index in [1.165, 1.54) is 12.1 Å². The largest absolute Gasteiger partial charge is 0.454 e. The number of likely N-dealkylation sites (N-methyl/N-ethyl adjacent to an activating group) is 1. The number of hydrogen-bond donors (Lipinski definition) is 1. The molecule has 10 nitrogen and oxygen atoms in total. The third-order valence-electron chi connectivity index (χ3n) is 5.43. The SMILES string of the molecule is CN(CCc1cc(Oc2c(Cl)cc(-n3nc(C#N)c(=O)[nH]c3=O)cc2Cl)ccc1C=O)c1cccnc1. The number of nitriles is 1. The second-order valence-electron chi connectivity index (χ2n) is 7.83. The molecule has 0 saturated carbocycles. The number of nitrogens with one attached hydrogen (secondary N) is 1. The summed E-state index contributed by atoms with van der Waals surface area (Å²) in [4.78, 5) is 43.6. The quantitative estimate of drug-likeness (QED) is 0.336. The number of carbonyl (C=O) groups is 1. The summed E-state index contributed by atoms with van der Waals surface area (Å²) in [5, 5.41) is 12.9. The lowest BCUT2D eigenvalue weighted by atomic mass is 10.0. The van der Waals surface area contributed by atoms with Crippen LogP contribution in [-0.4, -0.2) is 39.6 Å². The smallest absolute Gasteiger partial charge is 0.349 e. The van der Waals surface area contributed by atoms with Gasteiger partial charge in [-0.2, -0.15) is 9.94 Å². The lowest BCUT2D eigenvalue weighted by Gasteiger charge is -2.19. The highest BCUT2D eigenvalue weighted by atomic mass is 35.5. The number of halogens is 2. The number of anilines is 1. The Labute approximate surface area is 220 Å². The summed E-state index contributed by atoms with van der Waals surface area (Å²) in [5.74, 6) is 0.509. The van der Waals surface area contributed by atoms with E-state index in [4.69, 9.17) is 33.2 Å². The number of aldehydes is 1. The van der Waals surface area contributed by atoms with Crippen molar-refractivity contribution in [3.8, 4) is 23.3 Å². The van der Waals surface area contributed by atoms with Crippen LogP contribution in [0.15, 0.2) is 64.4 Å². The van der Waals surface area contributed by atoms with Crippen molar-refractivity contribution in [2.24, 2.45) is 0 Å². The van der Waals surface area contributed by atoms with Gasteiger partial charge >= 0.3 is 5.69 Å². The fraction of sp³-hybridized carbons (Fsp3) is 0.120. The highest BCUT2D eigenvalue weighted by molar-refractivity contribution is 6.37. The molecular weight excluding hydrogens is 519 g/mol. The average Bonchev–Trinajstić information content (AvgIpc) is 2.90. The van der Waals surface area contributed by atoms with E-state index in [0.717, 1.165) is 22.2 Å². The molecule has 2 aromatic heterocycles. The predicted molar refractivity (Wildman–Crippen MR) is 138 cm³/mol. The summed E-state index contributed by atoms with van der Waals surface area (Å²) in [6.45, 7) is 0.623. The molecule has 0 radical (unpaired) electrons. The van der Waals surface area contributed by atoms with E-state index in [1.807, 2.05) is 29.1 Å². The second-order valence-corrected chi connectivity index (χ2v) is 8.65. The van der Waals surface area contributed by atoms with Crippen LogP contribution in [0.5, 0.6) is 11.5 Å². The molecule has 0 amide bonds. The van der Waals surface area contributed by atoms with Gasteiger partial charge in [0.05, 0.1) is 27.6 Å². The Morgan fingerprint density at radius 3 is 2.59 bits per heavy atom. The summed E-state index contributed by atoms with van der Waals surface area (Å²) in [7, 11) is 1.93. The van der Waals surface area contributed by atoms with Crippen LogP contribution < -0.4 is 20.9 Å². The molecule has 4 rings (SSSR count). The van der Waals surface area contributed by atoms with E-state index in [2.05, 4.69) is 10.1 Å². The van der Waals surface area contributed by atoms with Gasteiger partial charge in [-0.15, -0.1) is 5.10 Å². The van der Waals surface area contributed by atoms with Crippen LogP contribution in [0, 0.1) is 11.3 Å². The van der Waals surface area contributed by atoms with Gasteiger partial charge in [-0.1, -0.05) is 23.2 Å². The molecule has 186 valence electrons. The van der Waals surface area contributed by atoms with Crippen molar-refractivity contribution in [3.05, 3.63) is 103 Å². The van der Waals surface area contributed by atoms with Gasteiger partial charge < -0.3 is 9.64 Å². The highest BCUT2D eigenvalue weighted by Gasteiger charge is 2.16. The molecule has 0 aliphatic rings. The van der Waals surface area contributed by atoms with E-state index in [0.29, 0.717) is 24.3 Å². The number of aromatic amines is 1. The highest BCUT2D eigenvalue weighted by Crippen LogP contribution is 2.38. The predicted octanol–water partition coefficient (Wildman–Crippen LogP) is 3.78. The summed E-state index contributed by atoms with van der Waals surface area (Å²) in [6, 6.07) is 13.1. The van der Waals surface area contributed by atoms with Gasteiger partial charge in [0.1, 0.15) is 18.1 Å². The maximum atomic E-state index is 12.2. The first-order valence-corrected chi connectivity index (χ1v) is 11.6. The Bertz CT molecular complexity index is 1610. The molecule has 0 saturated heterocycles. The molecule has 1 N–H and O–H groups in total. The van der Waals surface area contributed by atoms with Crippen molar-refractivity contribution in [1.29, 1.82) is 5.26 Å². The summed E-state index contributed by atoms with van der Waals surface area (Å²) in [6.07, 6.45) is 4.79. The van der Waals surface area contributed by atoms with Crippen LogP contribution in [0.3, 0.4) is 0 Å². The Morgan fingerprint density at radius 1 is 1.19 bits per heavy atom. The first-order valence-electron chi connectivity index (χ1n) is 10.8. The minimum atomic E-state index is -0.901. The molecule has 2 aromatic carbocycles. The van der Waals surface area contributed by atoms with Crippen molar-refractivity contribution in [3.63, 3.8) is 0 Å². The summed E-state index contributed by atoms with van der Waals surface area (Å²) >= 11 is 12.8. The number of benzene rings is 2. The number of nitrogens with zero attached hydrogens (tertiary/aromatic N) is 5. The zero-order chi connectivity index (χ0) is 26.5. The van der Waals surface area contributed by atoms with Gasteiger partial charge in [-0.05, 0) is 54.4 Å². The number of H-pyrrole nitrogens is 1. The first kappa shape index (κ1) is 25.6. The van der Waals surface area contributed by atoms with E-state index in [9.17, 15) is 14.4 Å². The molecule has 0 aliphatic carbocycles. The molecule has 0 bridgehead atoms. The van der Waals surface area contributed by atoms with E-state index < -0.39 is 16.9 Å². The summed E-state index contributed by atoms with van der Waals surface area (Å²) < 4.78 is 6.74. The second kappa shape index (κ2) is 11.1. The molecule has 0 spiro atoms. The zero-order valence-electron chi connectivity index (χ0n) is 19.3. The average molecular weight is 537 g/mol. The van der Waals surface area contributed by atoms with Crippen molar-refractivity contribution < 1.29 is 9.53 Å². The van der Waals surface area contributed by atoms with Gasteiger partial charge in [0.15, 0.2) is 5.75 Å². The lowest BCUT2D eigenvalue weighted by Crippen LogP contribution is -2.33. The van der Waals surface area contributed by atoms with Crippen molar-refractivity contribution >= 4 is 35.2 Å². The zero-order valence-corrected chi connectivity index (χ0v) is 20.8. The van der Waals surface area contributed by atoms with Gasteiger partial charge in [0.25, 0.3) is 5.56 Å². The van der Waals surface area contributed by atoms with Crippen molar-refractivity contribution in [2.75, 3.05) is 18.5 Å². The first-order chi connectivity index (χ1) is 17.8. The van der Waals surface area contributed by atoms with Gasteiger partial charge in [-0.25, -0.2) is 4.79 Å². The molecule has 0 aliphatic heterocycles. The third kappa shape index (κ3) is 5.69. The Morgan fingerprint density at radius 2 is 1.95 bits per heavy atom. The van der Waals surface area contributed by atoms with Gasteiger partial charge in [-0.3, -0.25) is 19.6 Å². The van der Waals surface area contributed by atoms with Crippen LogP contribution in [0.25, 0.3) is 5.69 Å². The number of aromatic nitrogens is 4. The number of pyridine rings is 1. The normalized spacial score (nSPS) is 10.5. The van der Waals surface area contributed by atoms with Gasteiger partial charge in [0.2, 0.25) is 5.69 Å². The molecule has 12 heteroatoms. The Kier molecular flexibility index (Phi) is 7.67. The number of carbonyl (C=O) groups excluding carboxylic acids is 1. The number of rotatable bonds is 8. The van der Waals surface area contributed by atoms with Crippen LogP contribution in [0.2, 0.25) is 10.0 Å². The fourth-order valence-electron chi connectivity index (χ4n) is 3.51. The van der Waals surface area contributed by atoms with Crippen LogP contribution in [-0.2, 0) is 6.42 Å². The number of hydrogen-bond acceptors (Lipinski definition) is 8. The third-order valence-corrected chi connectivity index (χ3v) is 5.99. The Balaban J connectivity index is 1.60. The van der Waals surface area contributed by atoms with Crippen molar-refractivity contribution in [1.82, 2.24) is 19.7 Å². The molecule has 0 unspecified atom stereocenters. The maximum absolute atomic E-state index is 12.2. The number of ether oxygens (including phenoxy) is 1. The monoisotopic (exact) mass is 536 g/mol. The molecule has 0 atom stereocenters. The van der Waals surface area contributed by atoms with E-state index in [-0.39, 0.29) is 21.5 Å². The summed E-state index contributed by atoms with van der Waals surface area (Å²) in [5.41, 5.74) is 0.0903. The molecular formula is C25H18Cl2N6O4. The maximum Gasteiger partial charge on any atom is 0.349 e. The van der Waals surface area contributed by atoms with Crippen LogP contribution in [0.1, 0.15) is 21.6 Å². The minimum Gasteiger partial charge on any atom is -0.454 e. The van der Waals surface area contributed by atoms with Gasteiger partial charge in [0, 0.05) is 25.4 Å². The molecule has 37 heavy (non-hydrogen) atoms. The molecule has 0 fully saturated rings. The molecule has 2 heterocycles. The minimum absolute atomic E-state index is 0.0539. The van der Waals surface area contributed by atoms with Crippen LogP contribution >= 0.6 is 23.2 Å². The molecule has 4 aromatic rings. The Hall–Kier alpha value is -4.46. The van der Waals surface area contributed by atoms with Crippen molar-refractivity contribution in [2.45, 2.75) is 6.42 Å². The lowest BCUT2D eigenvalue weighted by molar-refractivity contribution is 0.112. The fourth-order valence-corrected chi connectivity index (χ4v) is 4.06. The standard InChI is InChI=1S/C25H18Cl2N6O4/c1-32(17-3-2-7-29-13-17)8-6-15-9-19(5-4-16(15)14-34)37-23-20(26)10-18(11-21(23)27)33-25(36)30-24(35)22(12-28)31-33/h2-5,7,9-11,13-14H,6,8H2,1H3,(H,30,35,36). The van der Waals surface area contributed by atoms with Crippen LogP contribution in [0.4, 0.5) is 5.69 Å².